The monoisotopic (exact) mass is 1070 g/mol. The highest BCUT2D eigenvalue weighted by Crippen LogP contribution is 2.48. The minimum atomic E-state index is -0.289. The van der Waals surface area contributed by atoms with Crippen molar-refractivity contribution in [3.63, 3.8) is 0 Å². The van der Waals surface area contributed by atoms with Crippen LogP contribution in [0.5, 0.6) is 0 Å². The van der Waals surface area contributed by atoms with Gasteiger partial charge in [-0.2, -0.15) is 0 Å². The van der Waals surface area contributed by atoms with Crippen molar-refractivity contribution < 1.29 is 0 Å². The molecule has 3 nitrogen and oxygen atoms in total. The molecule has 0 N–H and O–H groups in total. The molecule has 11 aromatic rings. The molecule has 0 saturated heterocycles. The van der Waals surface area contributed by atoms with Crippen molar-refractivity contribution in [1.29, 1.82) is 0 Å². The number of allylic oxidation sites excluding steroid dienone is 6. The Morgan fingerprint density at radius 3 is 1.64 bits per heavy atom. The first-order chi connectivity index (χ1) is 40.6. The zero-order valence-electron chi connectivity index (χ0n) is 48.5. The molecule has 0 bridgehead atoms. The van der Waals surface area contributed by atoms with Crippen LogP contribution in [0, 0.1) is 26.7 Å². The molecule has 10 aromatic carbocycles. The summed E-state index contributed by atoms with van der Waals surface area (Å²) in [5.41, 5.74) is 27.2. The van der Waals surface area contributed by atoms with Crippen LogP contribution in [0.4, 0.5) is 22.7 Å². The van der Waals surface area contributed by atoms with Gasteiger partial charge in [0.25, 0.3) is 0 Å². The molecule has 3 heteroatoms. The topological polar surface area (TPSA) is 11.4 Å². The third kappa shape index (κ3) is 9.16. The lowest BCUT2D eigenvalue weighted by Crippen LogP contribution is -2.43. The van der Waals surface area contributed by atoms with Gasteiger partial charge in [-0.1, -0.05) is 195 Å². The van der Waals surface area contributed by atoms with Gasteiger partial charge in [0.1, 0.15) is 0 Å². The fourth-order valence-corrected chi connectivity index (χ4v) is 13.7. The lowest BCUT2D eigenvalue weighted by Gasteiger charge is -2.43. The number of aromatic nitrogens is 1. The number of fused-ring (bicyclic) bond motifs is 5. The number of aryl methyl sites for hydroxylation is 3. The van der Waals surface area contributed by atoms with Crippen molar-refractivity contribution in [3.05, 3.63) is 293 Å². The van der Waals surface area contributed by atoms with Gasteiger partial charge in [0, 0.05) is 44.9 Å². The Labute approximate surface area is 489 Å². The van der Waals surface area contributed by atoms with Gasteiger partial charge in [-0.15, -0.1) is 0 Å². The molecule has 0 spiro atoms. The number of benzene rings is 10. The number of para-hydroxylation sites is 3. The maximum atomic E-state index is 2.55. The molecule has 0 aliphatic heterocycles. The van der Waals surface area contributed by atoms with Crippen molar-refractivity contribution >= 4 is 67.0 Å². The largest absolute Gasteiger partial charge is 0.331 e. The molecule has 83 heavy (non-hydrogen) atoms. The van der Waals surface area contributed by atoms with Crippen LogP contribution in [-0.2, 0) is 6.42 Å². The highest BCUT2D eigenvalue weighted by Gasteiger charge is 2.34. The third-order valence-electron chi connectivity index (χ3n) is 18.1. The van der Waals surface area contributed by atoms with Gasteiger partial charge in [-0.3, -0.25) is 0 Å². The molecule has 0 saturated carbocycles. The van der Waals surface area contributed by atoms with E-state index in [1.165, 1.54) is 133 Å². The summed E-state index contributed by atoms with van der Waals surface area (Å²) >= 11 is 0. The number of hydrogen-bond donors (Lipinski definition) is 0. The minimum Gasteiger partial charge on any atom is -0.331 e. The predicted molar refractivity (Wildman–Crippen MR) is 356 cm³/mol. The van der Waals surface area contributed by atoms with E-state index >= 15 is 0 Å². The van der Waals surface area contributed by atoms with Crippen molar-refractivity contribution in [2.75, 3.05) is 9.80 Å². The molecule has 1 aromatic heterocycles. The van der Waals surface area contributed by atoms with Crippen LogP contribution in [0.3, 0.4) is 0 Å². The standard InChI is InChI=1S/C80H69N3/c1-53-32-43-68-71(50-53)79(67-27-15-14-26-66(67)78(68)60-24-8-7-9-25-60)61-35-41-65(42-36-61)82-76-44-37-62(58-33-39-64(40-34-58)81(72-28-16-10-20-54(72)2)73-29-17-11-21-55(73)3)51-69(76)70-52-63(38-45-77(70)82)59-46-48-80(6,49-47-59)83(74-30-18-12-22-56(74)4)75-31-19-13-23-57(75)5/h7-10,12-16,18-48,51-53H,11,17,49-50H2,1-6H3. The Balaban J connectivity index is 0.886. The minimum absolute atomic E-state index is 0.289. The van der Waals surface area contributed by atoms with Crippen LogP contribution in [0.25, 0.3) is 83.3 Å². The Kier molecular flexibility index (Phi) is 13.2. The Morgan fingerprint density at radius 2 is 1.01 bits per heavy atom. The number of hydrogen-bond acceptors (Lipinski definition) is 2. The van der Waals surface area contributed by atoms with Gasteiger partial charge in [0.15, 0.2) is 0 Å². The highest BCUT2D eigenvalue weighted by atomic mass is 15.2. The van der Waals surface area contributed by atoms with Gasteiger partial charge in [-0.05, 0) is 222 Å². The maximum Gasteiger partial charge on any atom is 0.0643 e. The van der Waals surface area contributed by atoms with Crippen LogP contribution in [0.1, 0.15) is 73.4 Å². The van der Waals surface area contributed by atoms with E-state index < -0.39 is 0 Å². The summed E-state index contributed by atoms with van der Waals surface area (Å²) in [7, 11) is 0. The van der Waals surface area contributed by atoms with E-state index in [1.54, 1.807) is 0 Å². The summed E-state index contributed by atoms with van der Waals surface area (Å²) in [5.74, 6) is 0.445. The second kappa shape index (κ2) is 21.1. The summed E-state index contributed by atoms with van der Waals surface area (Å²) in [6.45, 7) is 13.6. The molecule has 2 unspecified atom stereocenters. The first kappa shape index (κ1) is 51.7. The average molecular weight is 1070 g/mol. The van der Waals surface area contributed by atoms with E-state index in [4.69, 9.17) is 0 Å². The van der Waals surface area contributed by atoms with Gasteiger partial charge >= 0.3 is 0 Å². The lowest BCUT2D eigenvalue weighted by molar-refractivity contribution is 0.569. The highest BCUT2D eigenvalue weighted by molar-refractivity contribution is 6.12. The van der Waals surface area contributed by atoms with Gasteiger partial charge < -0.3 is 14.4 Å². The lowest BCUT2D eigenvalue weighted by atomic mass is 9.78. The van der Waals surface area contributed by atoms with E-state index in [1.807, 2.05) is 0 Å². The molecule has 0 fully saturated rings. The van der Waals surface area contributed by atoms with Crippen LogP contribution in [0.2, 0.25) is 0 Å². The van der Waals surface area contributed by atoms with Gasteiger partial charge in [0.05, 0.1) is 16.6 Å². The zero-order valence-corrected chi connectivity index (χ0v) is 48.5. The fourth-order valence-electron chi connectivity index (χ4n) is 13.7. The van der Waals surface area contributed by atoms with E-state index in [0.29, 0.717) is 5.92 Å². The van der Waals surface area contributed by atoms with Crippen molar-refractivity contribution in [3.8, 4) is 39.1 Å². The van der Waals surface area contributed by atoms with Crippen molar-refractivity contribution in [1.82, 2.24) is 4.57 Å². The summed E-state index contributed by atoms with van der Waals surface area (Å²) < 4.78 is 2.49. The van der Waals surface area contributed by atoms with Crippen LogP contribution in [0.15, 0.2) is 260 Å². The fraction of sp³-hybridized carbons (Fsp3) is 0.150. The third-order valence-corrected chi connectivity index (χ3v) is 18.1. The summed E-state index contributed by atoms with van der Waals surface area (Å²) in [4.78, 5) is 5.00. The number of nitrogens with zero attached hydrogens (tertiary/aromatic N) is 3. The van der Waals surface area contributed by atoms with E-state index in [-0.39, 0.29) is 5.54 Å². The quantitative estimate of drug-likeness (QED) is 0.128. The molecule has 1 heterocycles. The molecular formula is C80H69N3. The first-order valence-corrected chi connectivity index (χ1v) is 29.8. The molecule has 0 radical (unpaired) electrons. The maximum absolute atomic E-state index is 2.55. The second-order valence-corrected chi connectivity index (χ2v) is 23.6. The molecule has 14 rings (SSSR count). The van der Waals surface area contributed by atoms with Crippen LogP contribution < -0.4 is 9.80 Å². The molecule has 404 valence electrons. The average Bonchev–Trinajstić information content (AvgIpc) is 2.55. The molecule has 0 amide bonds. The number of anilines is 4. The first-order valence-electron chi connectivity index (χ1n) is 29.8. The Hall–Kier alpha value is -9.44. The van der Waals surface area contributed by atoms with Crippen LogP contribution in [-0.4, -0.2) is 10.1 Å². The summed E-state index contributed by atoms with van der Waals surface area (Å²) in [5, 5.41) is 5.06. The Morgan fingerprint density at radius 1 is 0.470 bits per heavy atom. The second-order valence-electron chi connectivity index (χ2n) is 23.6. The Bertz CT molecular complexity index is 4460. The SMILES string of the molecule is CC1=CCCC=C1N(c1ccc(-c2ccc3c(c2)c2cc(C4=CCC(C)(N(c5ccccc5C)c5ccccc5C)C=C4)ccc2n3-c2ccc(-c3c4c(c(-c5ccccc5)c5ccccc35)C=CC(C)C4)cc2)cc1)c1ccccc1C. The normalized spacial score (nSPS) is 16.7. The van der Waals surface area contributed by atoms with Crippen molar-refractivity contribution in [2.24, 2.45) is 5.92 Å². The smallest absolute Gasteiger partial charge is 0.0643 e. The molecule has 2 atom stereocenters. The number of rotatable bonds is 11. The van der Waals surface area contributed by atoms with Crippen molar-refractivity contribution in [2.45, 2.75) is 72.8 Å². The van der Waals surface area contributed by atoms with E-state index in [0.717, 1.165) is 37.1 Å². The van der Waals surface area contributed by atoms with E-state index in [9.17, 15) is 0 Å². The summed E-state index contributed by atoms with van der Waals surface area (Å²) in [6.07, 6.45) is 20.8. The predicted octanol–water partition coefficient (Wildman–Crippen LogP) is 21.8. The van der Waals surface area contributed by atoms with Gasteiger partial charge in [0.2, 0.25) is 0 Å². The zero-order chi connectivity index (χ0) is 56.3. The molecule has 3 aliphatic carbocycles. The molecule has 3 aliphatic rings. The van der Waals surface area contributed by atoms with E-state index in [2.05, 4.69) is 311 Å². The molecular weight excluding hydrogens is 1000 g/mol. The summed E-state index contributed by atoms with van der Waals surface area (Å²) in [6, 6.07) is 79.3. The van der Waals surface area contributed by atoms with Gasteiger partial charge in [-0.25, -0.2) is 0 Å². The van der Waals surface area contributed by atoms with Crippen LogP contribution >= 0.6 is 0 Å².